The van der Waals surface area contributed by atoms with Crippen molar-refractivity contribution in [2.24, 2.45) is 0 Å². The first-order valence-corrected chi connectivity index (χ1v) is 9.80. The van der Waals surface area contributed by atoms with Gasteiger partial charge in [0.15, 0.2) is 6.10 Å². The molecule has 0 aliphatic carbocycles. The van der Waals surface area contributed by atoms with E-state index in [1.165, 1.54) is 11.8 Å². The number of carbonyl (C=O) groups is 2. The first-order valence-electron chi connectivity index (χ1n) is 8.81. The fourth-order valence-electron chi connectivity index (χ4n) is 2.61. The van der Waals surface area contributed by atoms with Gasteiger partial charge in [0.05, 0.1) is 12.9 Å². The van der Waals surface area contributed by atoms with Gasteiger partial charge < -0.3 is 14.8 Å². The lowest BCUT2D eigenvalue weighted by atomic mass is 10.1. The topological polar surface area (TPSA) is 64.6 Å². The molecule has 0 aliphatic rings. The molecule has 6 heteroatoms. The number of hydrogen-bond acceptors (Lipinski definition) is 5. The van der Waals surface area contributed by atoms with E-state index >= 15 is 0 Å². The number of methoxy groups -OCH3 is 1. The van der Waals surface area contributed by atoms with Gasteiger partial charge in [0.25, 0.3) is 5.91 Å². The lowest BCUT2D eigenvalue weighted by Crippen LogP contribution is -2.30. The molecule has 0 saturated heterocycles. The Hall–Kier alpha value is -2.99. The smallest absolute Gasteiger partial charge is 0.317 e. The minimum atomic E-state index is -0.879. The predicted octanol–water partition coefficient (Wildman–Crippen LogP) is 4.51. The Balaban J connectivity index is 1.50. The summed E-state index contributed by atoms with van der Waals surface area (Å²) in [5.41, 5.74) is 0.666. The van der Waals surface area contributed by atoms with E-state index in [1.807, 2.05) is 66.7 Å². The average molecular weight is 395 g/mol. The summed E-state index contributed by atoms with van der Waals surface area (Å²) in [6.45, 7) is 1.56. The Morgan fingerprint density at radius 1 is 1.00 bits per heavy atom. The van der Waals surface area contributed by atoms with Gasteiger partial charge in [-0.05, 0) is 54.1 Å². The molecular formula is C22H21NO4S. The number of thioether (sulfide) groups is 1. The van der Waals surface area contributed by atoms with Crippen LogP contribution >= 0.6 is 11.8 Å². The molecule has 1 N–H and O–H groups in total. The van der Waals surface area contributed by atoms with E-state index in [4.69, 9.17) is 9.47 Å². The van der Waals surface area contributed by atoms with E-state index in [0.29, 0.717) is 5.69 Å². The molecule has 3 rings (SSSR count). The van der Waals surface area contributed by atoms with E-state index in [9.17, 15) is 9.59 Å². The Bertz CT molecular complexity index is 972. The SMILES string of the molecule is COc1ccc(SCC(=O)O[C@H](C)C(=O)Nc2ccc3ccccc3c2)cc1. The molecule has 0 bridgehead atoms. The standard InChI is InChI=1S/C22H21NO4S/c1-15(27-21(24)14-28-20-11-9-19(26-2)10-12-20)22(25)23-18-8-7-16-5-3-4-6-17(16)13-18/h3-13,15H,14H2,1-2H3,(H,23,25)/t15-/m1/s1. The Morgan fingerprint density at radius 2 is 1.71 bits per heavy atom. The highest BCUT2D eigenvalue weighted by Gasteiger charge is 2.18. The number of benzene rings is 3. The molecule has 144 valence electrons. The summed E-state index contributed by atoms with van der Waals surface area (Å²) < 4.78 is 10.3. The van der Waals surface area contributed by atoms with Crippen molar-refractivity contribution < 1.29 is 19.1 Å². The average Bonchev–Trinajstić information content (AvgIpc) is 2.72. The zero-order valence-corrected chi connectivity index (χ0v) is 16.5. The van der Waals surface area contributed by atoms with Crippen molar-refractivity contribution in [3.63, 3.8) is 0 Å². The minimum Gasteiger partial charge on any atom is -0.497 e. The van der Waals surface area contributed by atoms with Crippen molar-refractivity contribution in [3.05, 3.63) is 66.7 Å². The van der Waals surface area contributed by atoms with Gasteiger partial charge in [0, 0.05) is 10.6 Å². The van der Waals surface area contributed by atoms with Crippen LogP contribution in [-0.2, 0) is 14.3 Å². The number of carbonyl (C=O) groups excluding carboxylic acids is 2. The zero-order valence-electron chi connectivity index (χ0n) is 15.7. The summed E-state index contributed by atoms with van der Waals surface area (Å²) >= 11 is 1.35. The molecule has 1 amide bonds. The Kier molecular flexibility index (Phi) is 6.55. The van der Waals surface area contributed by atoms with Crippen LogP contribution < -0.4 is 10.1 Å². The van der Waals surface area contributed by atoms with Gasteiger partial charge in [-0.3, -0.25) is 9.59 Å². The van der Waals surface area contributed by atoms with E-state index in [2.05, 4.69) is 5.32 Å². The van der Waals surface area contributed by atoms with Gasteiger partial charge in [0.1, 0.15) is 5.75 Å². The van der Waals surface area contributed by atoms with Crippen molar-refractivity contribution in [1.82, 2.24) is 0 Å². The summed E-state index contributed by atoms with van der Waals surface area (Å²) in [7, 11) is 1.60. The van der Waals surface area contributed by atoms with E-state index in [0.717, 1.165) is 21.4 Å². The van der Waals surface area contributed by atoms with E-state index in [-0.39, 0.29) is 11.7 Å². The minimum absolute atomic E-state index is 0.125. The molecule has 0 heterocycles. The quantitative estimate of drug-likeness (QED) is 0.471. The lowest BCUT2D eigenvalue weighted by molar-refractivity contribution is -0.150. The number of anilines is 1. The maximum Gasteiger partial charge on any atom is 0.317 e. The lowest BCUT2D eigenvalue weighted by Gasteiger charge is -2.14. The van der Waals surface area contributed by atoms with Crippen LogP contribution in [0.3, 0.4) is 0 Å². The predicted molar refractivity (Wildman–Crippen MR) is 112 cm³/mol. The first-order chi connectivity index (χ1) is 13.5. The van der Waals surface area contributed by atoms with Gasteiger partial charge in [-0.1, -0.05) is 30.3 Å². The molecule has 5 nitrogen and oxygen atoms in total. The second-order valence-electron chi connectivity index (χ2n) is 6.15. The van der Waals surface area contributed by atoms with E-state index in [1.54, 1.807) is 14.0 Å². The molecule has 3 aromatic rings. The number of nitrogens with one attached hydrogen (secondary N) is 1. The second-order valence-corrected chi connectivity index (χ2v) is 7.20. The van der Waals surface area contributed by atoms with Crippen molar-refractivity contribution in [1.29, 1.82) is 0 Å². The van der Waals surface area contributed by atoms with Crippen LogP contribution in [0.2, 0.25) is 0 Å². The molecule has 0 radical (unpaired) electrons. The normalized spacial score (nSPS) is 11.6. The summed E-state index contributed by atoms with van der Waals surface area (Å²) in [6.07, 6.45) is -0.879. The zero-order chi connectivity index (χ0) is 19.9. The van der Waals surface area contributed by atoms with Gasteiger partial charge in [-0.2, -0.15) is 0 Å². The van der Waals surface area contributed by atoms with Crippen LogP contribution in [0.25, 0.3) is 10.8 Å². The highest BCUT2D eigenvalue weighted by molar-refractivity contribution is 8.00. The third kappa shape index (κ3) is 5.27. The van der Waals surface area contributed by atoms with Crippen LogP contribution in [0.1, 0.15) is 6.92 Å². The highest BCUT2D eigenvalue weighted by atomic mass is 32.2. The van der Waals surface area contributed by atoms with Crippen LogP contribution in [0.4, 0.5) is 5.69 Å². The fraction of sp³-hybridized carbons (Fsp3) is 0.182. The summed E-state index contributed by atoms with van der Waals surface area (Å²) in [6, 6.07) is 20.9. The van der Waals surface area contributed by atoms with Crippen LogP contribution in [0, 0.1) is 0 Å². The molecule has 1 atom stereocenters. The van der Waals surface area contributed by atoms with Crippen molar-refractivity contribution in [3.8, 4) is 5.75 Å². The van der Waals surface area contributed by atoms with Crippen LogP contribution in [0.5, 0.6) is 5.75 Å². The summed E-state index contributed by atoms with van der Waals surface area (Å²) in [4.78, 5) is 25.3. The molecule has 28 heavy (non-hydrogen) atoms. The van der Waals surface area contributed by atoms with Gasteiger partial charge in [-0.25, -0.2) is 0 Å². The monoisotopic (exact) mass is 395 g/mol. The molecular weight excluding hydrogens is 374 g/mol. The van der Waals surface area contributed by atoms with Crippen LogP contribution in [-0.4, -0.2) is 30.8 Å². The largest absolute Gasteiger partial charge is 0.497 e. The van der Waals surface area contributed by atoms with Gasteiger partial charge in [-0.15, -0.1) is 11.8 Å². The first kappa shape index (κ1) is 19.8. The van der Waals surface area contributed by atoms with Crippen molar-refractivity contribution in [2.45, 2.75) is 17.9 Å². The summed E-state index contributed by atoms with van der Waals surface area (Å²) in [5.74, 6) is 0.0749. The molecule has 3 aromatic carbocycles. The van der Waals surface area contributed by atoms with Crippen molar-refractivity contribution in [2.75, 3.05) is 18.2 Å². The number of fused-ring (bicyclic) bond motifs is 1. The Morgan fingerprint density at radius 3 is 2.43 bits per heavy atom. The van der Waals surface area contributed by atoms with E-state index < -0.39 is 12.1 Å². The third-order valence-electron chi connectivity index (χ3n) is 4.11. The molecule has 0 aliphatic heterocycles. The second kappa shape index (κ2) is 9.28. The molecule has 0 aromatic heterocycles. The highest BCUT2D eigenvalue weighted by Crippen LogP contribution is 2.22. The van der Waals surface area contributed by atoms with Crippen molar-refractivity contribution >= 4 is 40.1 Å². The molecule has 0 fully saturated rings. The molecule has 0 spiro atoms. The number of ether oxygens (including phenoxy) is 2. The maximum absolute atomic E-state index is 12.3. The van der Waals surface area contributed by atoms with Crippen LogP contribution in [0.15, 0.2) is 71.6 Å². The number of rotatable bonds is 7. The third-order valence-corrected chi connectivity index (χ3v) is 5.10. The van der Waals surface area contributed by atoms with Gasteiger partial charge >= 0.3 is 5.97 Å². The van der Waals surface area contributed by atoms with Gasteiger partial charge in [0.2, 0.25) is 0 Å². The Labute approximate surface area is 168 Å². The number of hydrogen-bond donors (Lipinski definition) is 1. The number of amides is 1. The summed E-state index contributed by atoms with van der Waals surface area (Å²) in [5, 5.41) is 4.91. The molecule has 0 unspecified atom stereocenters. The fourth-order valence-corrected chi connectivity index (χ4v) is 3.29. The number of esters is 1. The maximum atomic E-state index is 12.3. The molecule has 0 saturated carbocycles.